The van der Waals surface area contributed by atoms with Crippen molar-refractivity contribution in [3.8, 4) is 5.75 Å². The molecule has 138 valence electrons. The molecule has 26 heavy (non-hydrogen) atoms. The van der Waals surface area contributed by atoms with E-state index in [1.807, 2.05) is 56.3 Å². The first-order chi connectivity index (χ1) is 12.5. The summed E-state index contributed by atoms with van der Waals surface area (Å²) >= 11 is 0. The van der Waals surface area contributed by atoms with Crippen molar-refractivity contribution in [2.24, 2.45) is 0 Å². The molecule has 0 aliphatic rings. The summed E-state index contributed by atoms with van der Waals surface area (Å²) in [4.78, 5) is 26.1. The van der Waals surface area contributed by atoms with E-state index >= 15 is 0 Å². The topological polar surface area (TPSA) is 67.9 Å². The quantitative estimate of drug-likeness (QED) is 0.736. The lowest BCUT2D eigenvalue weighted by Crippen LogP contribution is -2.31. The smallest absolute Gasteiger partial charge is 0.347 e. The second-order valence-corrected chi connectivity index (χ2v) is 5.92. The highest BCUT2D eigenvalue weighted by Crippen LogP contribution is 2.16. The Morgan fingerprint density at radius 1 is 1.04 bits per heavy atom. The normalized spacial score (nSPS) is 11.3. The Morgan fingerprint density at radius 2 is 1.69 bits per heavy atom. The van der Waals surface area contributed by atoms with Gasteiger partial charge in [0.15, 0.2) is 12.7 Å². The average molecular weight is 356 g/mol. The summed E-state index contributed by atoms with van der Waals surface area (Å²) in [5, 5.41) is 2.69. The molecule has 0 bridgehead atoms. The number of anilines is 2. The summed E-state index contributed by atoms with van der Waals surface area (Å²) in [7, 11) is 3.88. The first-order valence-electron chi connectivity index (χ1n) is 8.45. The maximum atomic E-state index is 12.1. The highest BCUT2D eigenvalue weighted by molar-refractivity contribution is 5.93. The molecular formula is C20H24N2O4. The van der Waals surface area contributed by atoms with Crippen LogP contribution < -0.4 is 15.0 Å². The van der Waals surface area contributed by atoms with Gasteiger partial charge < -0.3 is 19.7 Å². The SMILES string of the molecule is CC[C@@H](Oc1ccccc1)C(=O)OCC(=O)Nc1ccc(N(C)C)cc1. The van der Waals surface area contributed by atoms with E-state index < -0.39 is 18.0 Å². The molecule has 0 radical (unpaired) electrons. The molecule has 0 aliphatic carbocycles. The van der Waals surface area contributed by atoms with E-state index in [4.69, 9.17) is 9.47 Å². The van der Waals surface area contributed by atoms with Crippen molar-refractivity contribution in [1.82, 2.24) is 0 Å². The van der Waals surface area contributed by atoms with Crippen LogP contribution in [0.3, 0.4) is 0 Å². The maximum Gasteiger partial charge on any atom is 0.347 e. The van der Waals surface area contributed by atoms with Crippen molar-refractivity contribution >= 4 is 23.3 Å². The summed E-state index contributed by atoms with van der Waals surface area (Å²) in [6.07, 6.45) is -0.300. The van der Waals surface area contributed by atoms with Gasteiger partial charge in [0, 0.05) is 25.5 Å². The highest BCUT2D eigenvalue weighted by atomic mass is 16.6. The van der Waals surface area contributed by atoms with E-state index in [0.717, 1.165) is 5.69 Å². The lowest BCUT2D eigenvalue weighted by Gasteiger charge is -2.16. The predicted molar refractivity (Wildman–Crippen MR) is 102 cm³/mol. The monoisotopic (exact) mass is 356 g/mol. The molecule has 6 nitrogen and oxygen atoms in total. The van der Waals surface area contributed by atoms with Gasteiger partial charge in [0.25, 0.3) is 5.91 Å². The summed E-state index contributed by atoms with van der Waals surface area (Å²) in [5.74, 6) is -0.373. The molecule has 0 aliphatic heterocycles. The summed E-state index contributed by atoms with van der Waals surface area (Å²) in [5.41, 5.74) is 1.67. The number of nitrogens with zero attached hydrogens (tertiary/aromatic N) is 1. The molecule has 2 aromatic rings. The molecule has 0 heterocycles. The van der Waals surface area contributed by atoms with E-state index in [2.05, 4.69) is 5.32 Å². The third-order valence-corrected chi connectivity index (χ3v) is 3.67. The van der Waals surface area contributed by atoms with Gasteiger partial charge >= 0.3 is 5.97 Å². The maximum absolute atomic E-state index is 12.1. The van der Waals surface area contributed by atoms with Crippen molar-refractivity contribution in [3.63, 3.8) is 0 Å². The number of esters is 1. The minimum atomic E-state index is -0.746. The van der Waals surface area contributed by atoms with E-state index in [1.54, 1.807) is 24.3 Å². The lowest BCUT2D eigenvalue weighted by atomic mass is 10.2. The Morgan fingerprint density at radius 3 is 2.27 bits per heavy atom. The minimum absolute atomic E-state index is 0.358. The fraction of sp³-hybridized carbons (Fsp3) is 0.300. The van der Waals surface area contributed by atoms with Crippen LogP contribution in [0.2, 0.25) is 0 Å². The van der Waals surface area contributed by atoms with Gasteiger partial charge in [-0.25, -0.2) is 4.79 Å². The Bertz CT molecular complexity index is 714. The molecular weight excluding hydrogens is 332 g/mol. The zero-order chi connectivity index (χ0) is 18.9. The molecule has 0 spiro atoms. The standard InChI is InChI=1S/C20H24N2O4/c1-4-18(26-17-8-6-5-7-9-17)20(24)25-14-19(23)21-15-10-12-16(13-11-15)22(2)3/h5-13,18H,4,14H2,1-3H3,(H,21,23)/t18-/m1/s1. The second-order valence-electron chi connectivity index (χ2n) is 5.92. The molecule has 0 saturated carbocycles. The van der Waals surface area contributed by atoms with Crippen LogP contribution in [0.25, 0.3) is 0 Å². The van der Waals surface area contributed by atoms with Crippen LogP contribution in [0.4, 0.5) is 11.4 Å². The third-order valence-electron chi connectivity index (χ3n) is 3.67. The van der Waals surface area contributed by atoms with Gasteiger partial charge in [-0.3, -0.25) is 4.79 Å². The Balaban J connectivity index is 1.82. The molecule has 2 aromatic carbocycles. The zero-order valence-corrected chi connectivity index (χ0v) is 15.3. The van der Waals surface area contributed by atoms with Gasteiger partial charge in [-0.05, 0) is 42.8 Å². The van der Waals surface area contributed by atoms with Gasteiger partial charge in [-0.1, -0.05) is 25.1 Å². The molecule has 1 atom stereocenters. The van der Waals surface area contributed by atoms with Crippen LogP contribution in [0.15, 0.2) is 54.6 Å². The lowest BCUT2D eigenvalue weighted by molar-refractivity contribution is -0.154. The first-order valence-corrected chi connectivity index (χ1v) is 8.45. The number of nitrogens with one attached hydrogen (secondary N) is 1. The van der Waals surface area contributed by atoms with Crippen LogP contribution in [-0.4, -0.2) is 38.7 Å². The number of amides is 1. The van der Waals surface area contributed by atoms with Gasteiger partial charge in [0.05, 0.1) is 0 Å². The van der Waals surface area contributed by atoms with Crippen LogP contribution in [0, 0.1) is 0 Å². The van der Waals surface area contributed by atoms with E-state index in [0.29, 0.717) is 17.9 Å². The van der Waals surface area contributed by atoms with Gasteiger partial charge in [-0.15, -0.1) is 0 Å². The summed E-state index contributed by atoms with van der Waals surface area (Å²) < 4.78 is 10.7. The number of hydrogen-bond acceptors (Lipinski definition) is 5. The largest absolute Gasteiger partial charge is 0.479 e. The average Bonchev–Trinajstić information content (AvgIpc) is 2.65. The molecule has 0 unspecified atom stereocenters. The van der Waals surface area contributed by atoms with Crippen LogP contribution in [-0.2, 0) is 14.3 Å². The highest BCUT2D eigenvalue weighted by Gasteiger charge is 2.21. The van der Waals surface area contributed by atoms with Gasteiger partial charge in [0.2, 0.25) is 0 Å². The summed E-state index contributed by atoms with van der Waals surface area (Å²) in [6.45, 7) is 1.46. The van der Waals surface area contributed by atoms with Crippen molar-refractivity contribution in [3.05, 3.63) is 54.6 Å². The van der Waals surface area contributed by atoms with Crippen LogP contribution in [0.1, 0.15) is 13.3 Å². The number of benzene rings is 2. The minimum Gasteiger partial charge on any atom is -0.479 e. The number of para-hydroxylation sites is 1. The third kappa shape index (κ3) is 5.81. The van der Waals surface area contributed by atoms with E-state index in [-0.39, 0.29) is 6.61 Å². The fourth-order valence-electron chi connectivity index (χ4n) is 2.23. The Hall–Kier alpha value is -3.02. The molecule has 6 heteroatoms. The van der Waals surface area contributed by atoms with E-state index in [9.17, 15) is 9.59 Å². The van der Waals surface area contributed by atoms with Crippen molar-refractivity contribution in [1.29, 1.82) is 0 Å². The number of rotatable bonds is 8. The van der Waals surface area contributed by atoms with Gasteiger partial charge in [-0.2, -0.15) is 0 Å². The molecule has 0 aromatic heterocycles. The summed E-state index contributed by atoms with van der Waals surface area (Å²) in [6, 6.07) is 16.4. The van der Waals surface area contributed by atoms with Gasteiger partial charge in [0.1, 0.15) is 5.75 Å². The van der Waals surface area contributed by atoms with Crippen LogP contribution >= 0.6 is 0 Å². The first kappa shape index (κ1) is 19.3. The number of carbonyl (C=O) groups excluding carboxylic acids is 2. The van der Waals surface area contributed by atoms with Crippen molar-refractivity contribution in [2.45, 2.75) is 19.4 Å². The molecule has 1 N–H and O–H groups in total. The number of hydrogen-bond donors (Lipinski definition) is 1. The molecule has 0 fully saturated rings. The van der Waals surface area contributed by atoms with Crippen molar-refractivity contribution in [2.75, 3.05) is 30.9 Å². The number of ether oxygens (including phenoxy) is 2. The molecule has 2 rings (SSSR count). The predicted octanol–water partition coefficient (Wildman–Crippen LogP) is 3.09. The second kappa shape index (κ2) is 9.46. The van der Waals surface area contributed by atoms with Crippen molar-refractivity contribution < 1.29 is 19.1 Å². The fourth-order valence-corrected chi connectivity index (χ4v) is 2.23. The number of carbonyl (C=O) groups is 2. The Kier molecular flexibility index (Phi) is 7.02. The zero-order valence-electron chi connectivity index (χ0n) is 15.3. The molecule has 1 amide bonds. The van der Waals surface area contributed by atoms with Crippen LogP contribution in [0.5, 0.6) is 5.75 Å². The van der Waals surface area contributed by atoms with E-state index in [1.165, 1.54) is 0 Å². The molecule has 0 saturated heterocycles. The Labute approximate surface area is 153 Å².